The molecular formula is C10H10N4O. The van der Waals surface area contributed by atoms with Crippen molar-refractivity contribution in [2.75, 3.05) is 11.1 Å². The second-order valence-corrected chi connectivity index (χ2v) is 3.05. The molecule has 0 spiro atoms. The van der Waals surface area contributed by atoms with E-state index in [9.17, 15) is 4.79 Å². The Morgan fingerprint density at radius 3 is 2.93 bits per heavy atom. The van der Waals surface area contributed by atoms with Gasteiger partial charge in [-0.3, -0.25) is 4.79 Å². The maximum atomic E-state index is 11.0. The fourth-order valence-electron chi connectivity index (χ4n) is 1.20. The minimum Gasteiger partial charge on any atom is -0.399 e. The maximum Gasteiger partial charge on any atom is 0.252 e. The summed E-state index contributed by atoms with van der Waals surface area (Å²) >= 11 is 0. The number of hydrogen-bond acceptors (Lipinski definition) is 4. The largest absolute Gasteiger partial charge is 0.399 e. The number of rotatable bonds is 2. The molecule has 1 heterocycles. The summed E-state index contributed by atoms with van der Waals surface area (Å²) in [7, 11) is 0. The van der Waals surface area contributed by atoms with E-state index in [0.29, 0.717) is 11.5 Å². The van der Waals surface area contributed by atoms with Crippen LogP contribution in [-0.4, -0.2) is 9.97 Å². The van der Waals surface area contributed by atoms with Gasteiger partial charge in [-0.1, -0.05) is 6.07 Å². The van der Waals surface area contributed by atoms with Gasteiger partial charge in [0, 0.05) is 17.4 Å². The number of nitrogens with zero attached hydrogens (tertiary/aromatic N) is 1. The van der Waals surface area contributed by atoms with Gasteiger partial charge in [0.2, 0.25) is 0 Å². The second kappa shape index (κ2) is 3.83. The molecule has 0 bridgehead atoms. The van der Waals surface area contributed by atoms with Crippen molar-refractivity contribution in [2.24, 2.45) is 0 Å². The zero-order chi connectivity index (χ0) is 10.7. The highest BCUT2D eigenvalue weighted by Crippen LogP contribution is 2.15. The van der Waals surface area contributed by atoms with Crippen molar-refractivity contribution < 1.29 is 0 Å². The van der Waals surface area contributed by atoms with E-state index in [4.69, 9.17) is 5.73 Å². The van der Waals surface area contributed by atoms with Crippen LogP contribution in [0, 0.1) is 0 Å². The number of anilines is 3. The molecule has 4 N–H and O–H groups in total. The van der Waals surface area contributed by atoms with Crippen LogP contribution in [0.5, 0.6) is 0 Å². The van der Waals surface area contributed by atoms with Crippen LogP contribution >= 0.6 is 0 Å². The molecule has 5 nitrogen and oxygen atoms in total. The Morgan fingerprint density at radius 2 is 2.20 bits per heavy atom. The van der Waals surface area contributed by atoms with Gasteiger partial charge in [0.1, 0.15) is 5.82 Å². The molecule has 76 valence electrons. The Morgan fingerprint density at radius 1 is 1.33 bits per heavy atom. The van der Waals surface area contributed by atoms with Gasteiger partial charge < -0.3 is 16.0 Å². The van der Waals surface area contributed by atoms with E-state index in [0.717, 1.165) is 5.69 Å². The molecule has 0 amide bonds. The molecule has 1 aromatic heterocycles. The number of aromatic amines is 1. The molecule has 1 aromatic carbocycles. The third kappa shape index (κ3) is 2.34. The number of benzene rings is 1. The SMILES string of the molecule is Nc1cccc(Nc2cc(=O)[nH]cn2)c1. The molecule has 0 aliphatic rings. The third-order valence-electron chi connectivity index (χ3n) is 1.84. The van der Waals surface area contributed by atoms with Crippen molar-refractivity contribution in [1.82, 2.24) is 9.97 Å². The van der Waals surface area contributed by atoms with Crippen LogP contribution in [0.15, 0.2) is 41.5 Å². The Bertz CT molecular complexity index is 521. The lowest BCUT2D eigenvalue weighted by Gasteiger charge is -2.04. The molecule has 5 heteroatoms. The first kappa shape index (κ1) is 9.26. The fraction of sp³-hybridized carbons (Fsp3) is 0. The van der Waals surface area contributed by atoms with E-state index < -0.39 is 0 Å². The fourth-order valence-corrected chi connectivity index (χ4v) is 1.20. The van der Waals surface area contributed by atoms with Gasteiger partial charge in [-0.15, -0.1) is 0 Å². The lowest BCUT2D eigenvalue weighted by molar-refractivity contribution is 1.12. The number of nitrogen functional groups attached to an aromatic ring is 1. The third-order valence-corrected chi connectivity index (χ3v) is 1.84. The van der Waals surface area contributed by atoms with E-state index >= 15 is 0 Å². The van der Waals surface area contributed by atoms with Crippen molar-refractivity contribution in [3.8, 4) is 0 Å². The Hall–Kier alpha value is -2.30. The van der Waals surface area contributed by atoms with E-state index in [1.165, 1.54) is 12.4 Å². The van der Waals surface area contributed by atoms with Crippen molar-refractivity contribution in [2.45, 2.75) is 0 Å². The molecule has 2 aromatic rings. The molecule has 0 atom stereocenters. The molecule has 0 saturated carbocycles. The van der Waals surface area contributed by atoms with Gasteiger partial charge >= 0.3 is 0 Å². The number of H-pyrrole nitrogens is 1. The van der Waals surface area contributed by atoms with Crippen LogP contribution in [-0.2, 0) is 0 Å². The summed E-state index contributed by atoms with van der Waals surface area (Å²) in [6, 6.07) is 8.60. The first-order valence-corrected chi connectivity index (χ1v) is 4.41. The molecule has 0 unspecified atom stereocenters. The predicted molar refractivity (Wildman–Crippen MR) is 59.0 cm³/mol. The van der Waals surface area contributed by atoms with Crippen molar-refractivity contribution >= 4 is 17.2 Å². The Balaban J connectivity index is 2.26. The summed E-state index contributed by atoms with van der Waals surface area (Å²) in [5.74, 6) is 0.490. The van der Waals surface area contributed by atoms with Crippen LogP contribution in [0.3, 0.4) is 0 Å². The topological polar surface area (TPSA) is 83.8 Å². The van der Waals surface area contributed by atoms with Gasteiger partial charge in [0.05, 0.1) is 6.33 Å². The lowest BCUT2D eigenvalue weighted by atomic mass is 10.3. The normalized spacial score (nSPS) is 9.87. The zero-order valence-corrected chi connectivity index (χ0v) is 7.90. The molecule has 0 fully saturated rings. The van der Waals surface area contributed by atoms with Crippen molar-refractivity contribution in [3.63, 3.8) is 0 Å². The average Bonchev–Trinajstić information content (AvgIpc) is 2.17. The first-order valence-electron chi connectivity index (χ1n) is 4.41. The van der Waals surface area contributed by atoms with E-state index in [2.05, 4.69) is 15.3 Å². The van der Waals surface area contributed by atoms with E-state index in [-0.39, 0.29) is 5.56 Å². The highest BCUT2D eigenvalue weighted by atomic mass is 16.1. The zero-order valence-electron chi connectivity index (χ0n) is 7.90. The Kier molecular flexibility index (Phi) is 2.37. The molecular weight excluding hydrogens is 192 g/mol. The van der Waals surface area contributed by atoms with E-state index in [1.807, 2.05) is 12.1 Å². The predicted octanol–water partition coefficient (Wildman–Crippen LogP) is 1.10. The average molecular weight is 202 g/mol. The number of aromatic nitrogens is 2. The number of hydrogen-bond donors (Lipinski definition) is 3. The number of nitrogens with one attached hydrogen (secondary N) is 2. The minimum atomic E-state index is -0.198. The van der Waals surface area contributed by atoms with Crippen LogP contribution in [0.4, 0.5) is 17.2 Å². The highest BCUT2D eigenvalue weighted by Gasteiger charge is 1.96. The smallest absolute Gasteiger partial charge is 0.252 e. The van der Waals surface area contributed by atoms with Crippen LogP contribution in [0.2, 0.25) is 0 Å². The van der Waals surface area contributed by atoms with E-state index in [1.54, 1.807) is 12.1 Å². The summed E-state index contributed by atoms with van der Waals surface area (Å²) in [6.45, 7) is 0. The van der Waals surface area contributed by atoms with Crippen molar-refractivity contribution in [3.05, 3.63) is 47.0 Å². The monoisotopic (exact) mass is 202 g/mol. The van der Waals surface area contributed by atoms with Crippen LogP contribution in [0.25, 0.3) is 0 Å². The lowest BCUT2D eigenvalue weighted by Crippen LogP contribution is -2.06. The van der Waals surface area contributed by atoms with Gasteiger partial charge in [-0.05, 0) is 18.2 Å². The van der Waals surface area contributed by atoms with Gasteiger partial charge in [0.15, 0.2) is 0 Å². The second-order valence-electron chi connectivity index (χ2n) is 3.05. The van der Waals surface area contributed by atoms with Gasteiger partial charge in [-0.25, -0.2) is 4.98 Å². The summed E-state index contributed by atoms with van der Waals surface area (Å²) < 4.78 is 0. The quantitative estimate of drug-likeness (QED) is 0.636. The van der Waals surface area contributed by atoms with Crippen molar-refractivity contribution in [1.29, 1.82) is 0 Å². The molecule has 0 saturated heterocycles. The molecule has 15 heavy (non-hydrogen) atoms. The summed E-state index contributed by atoms with van der Waals surface area (Å²) in [4.78, 5) is 17.4. The molecule has 0 radical (unpaired) electrons. The molecule has 0 aliphatic carbocycles. The number of nitrogens with two attached hydrogens (primary N) is 1. The summed E-state index contributed by atoms with van der Waals surface area (Å²) in [5.41, 5.74) is 6.87. The summed E-state index contributed by atoms with van der Waals surface area (Å²) in [6.07, 6.45) is 1.34. The van der Waals surface area contributed by atoms with Gasteiger partial charge in [0.25, 0.3) is 5.56 Å². The Labute approximate surface area is 86.0 Å². The first-order chi connectivity index (χ1) is 7.24. The summed E-state index contributed by atoms with van der Waals surface area (Å²) in [5, 5.41) is 2.97. The highest BCUT2D eigenvalue weighted by molar-refractivity contribution is 5.60. The standard InChI is InChI=1S/C10H10N4O/c11-7-2-1-3-8(4-7)14-9-5-10(15)13-6-12-9/h1-6H,11H2,(H2,12,13,14,15). The molecule has 2 rings (SSSR count). The van der Waals surface area contributed by atoms with Crippen LogP contribution in [0.1, 0.15) is 0 Å². The minimum absolute atomic E-state index is 0.198. The maximum absolute atomic E-state index is 11.0. The van der Waals surface area contributed by atoms with Crippen LogP contribution < -0.4 is 16.6 Å². The van der Waals surface area contributed by atoms with Gasteiger partial charge in [-0.2, -0.15) is 0 Å². The molecule has 0 aliphatic heterocycles.